The third-order valence-electron chi connectivity index (χ3n) is 1.74. The quantitative estimate of drug-likeness (QED) is 0.525. The highest BCUT2D eigenvalue weighted by Crippen LogP contribution is 2.20. The van der Waals surface area contributed by atoms with Gasteiger partial charge in [-0.1, -0.05) is 6.92 Å². The lowest BCUT2D eigenvalue weighted by atomic mass is 10.2. The highest BCUT2D eigenvalue weighted by Gasteiger charge is 2.14. The molecule has 0 aromatic rings. The van der Waals surface area contributed by atoms with Crippen molar-refractivity contribution in [1.82, 2.24) is 5.32 Å². The molecule has 0 spiro atoms. The van der Waals surface area contributed by atoms with Gasteiger partial charge in [0.1, 0.15) is 0 Å². The lowest BCUT2D eigenvalue weighted by Crippen LogP contribution is -2.33. The van der Waals surface area contributed by atoms with E-state index < -0.39 is 0 Å². The first-order valence-corrected chi connectivity index (χ1v) is 5.83. The molecule has 0 fully saturated rings. The van der Waals surface area contributed by atoms with E-state index in [0.29, 0.717) is 5.96 Å². The van der Waals surface area contributed by atoms with Gasteiger partial charge in [-0.25, -0.2) is 0 Å². The first kappa shape index (κ1) is 12.6. The molecule has 0 aliphatic heterocycles. The largest absolute Gasteiger partial charge is 0.370 e. The van der Waals surface area contributed by atoms with Gasteiger partial charge >= 0.3 is 0 Å². The van der Waals surface area contributed by atoms with Crippen LogP contribution >= 0.6 is 11.8 Å². The van der Waals surface area contributed by atoms with Crippen LogP contribution in [0, 0.1) is 0 Å². The van der Waals surface area contributed by atoms with Gasteiger partial charge in [-0.15, -0.1) is 0 Å². The number of nitrogens with zero attached hydrogens (tertiary/aromatic N) is 1. The second-order valence-electron chi connectivity index (χ2n) is 3.59. The van der Waals surface area contributed by atoms with Crippen LogP contribution in [0.3, 0.4) is 0 Å². The molecule has 0 aliphatic carbocycles. The summed E-state index contributed by atoms with van der Waals surface area (Å²) in [4.78, 5) is 4.27. The van der Waals surface area contributed by atoms with Gasteiger partial charge in [0.25, 0.3) is 0 Å². The highest BCUT2D eigenvalue weighted by molar-refractivity contribution is 7.99. The lowest BCUT2D eigenvalue weighted by molar-refractivity contribution is 0.718. The van der Waals surface area contributed by atoms with Gasteiger partial charge in [0.05, 0.1) is 6.54 Å². The molecule has 0 amide bonds. The molecule has 0 radical (unpaired) electrons. The number of rotatable bonds is 5. The Hall–Kier alpha value is -0.380. The fourth-order valence-electron chi connectivity index (χ4n) is 0.649. The predicted molar refractivity (Wildman–Crippen MR) is 62.4 cm³/mol. The molecule has 0 aliphatic rings. The molecule has 0 rings (SSSR count). The normalized spacial score (nSPS) is 13.1. The number of hydrogen-bond acceptors (Lipinski definition) is 2. The molecule has 3 nitrogen and oxygen atoms in total. The summed E-state index contributed by atoms with van der Waals surface area (Å²) < 4.78 is 0.179. The minimum atomic E-state index is 0.179. The van der Waals surface area contributed by atoms with Crippen molar-refractivity contribution in [3.05, 3.63) is 0 Å². The maximum Gasteiger partial charge on any atom is 0.188 e. The standard InChI is InChI=1S/C9H21N3S/c1-5-6-11-8(10)12-7-9(2,3)13-4/h5-7H2,1-4H3,(H3,10,11,12). The monoisotopic (exact) mass is 203 g/mol. The Morgan fingerprint density at radius 2 is 2.15 bits per heavy atom. The molecule has 3 N–H and O–H groups in total. The van der Waals surface area contributed by atoms with Crippen molar-refractivity contribution in [2.75, 3.05) is 19.3 Å². The SMILES string of the molecule is CCCNC(N)=NCC(C)(C)SC. The van der Waals surface area contributed by atoms with Crippen LogP contribution in [0.1, 0.15) is 27.2 Å². The van der Waals surface area contributed by atoms with Gasteiger partial charge in [0.2, 0.25) is 0 Å². The zero-order valence-electron chi connectivity index (χ0n) is 9.05. The molecular formula is C9H21N3S. The van der Waals surface area contributed by atoms with Crippen LogP contribution in [-0.2, 0) is 0 Å². The second-order valence-corrected chi connectivity index (χ2v) is 5.11. The number of aliphatic imine (C=N–C) groups is 1. The maximum atomic E-state index is 5.65. The average molecular weight is 203 g/mol. The molecule has 0 aromatic heterocycles. The molecule has 4 heteroatoms. The van der Waals surface area contributed by atoms with E-state index in [1.165, 1.54) is 0 Å². The Bertz CT molecular complexity index is 166. The molecule has 0 saturated carbocycles. The topological polar surface area (TPSA) is 50.4 Å². The Morgan fingerprint density at radius 1 is 1.54 bits per heavy atom. The van der Waals surface area contributed by atoms with E-state index in [1.54, 1.807) is 11.8 Å². The van der Waals surface area contributed by atoms with Crippen LogP contribution in [0.25, 0.3) is 0 Å². The molecule has 0 heterocycles. The second kappa shape index (κ2) is 6.13. The van der Waals surface area contributed by atoms with E-state index in [-0.39, 0.29) is 4.75 Å². The number of hydrogen-bond donors (Lipinski definition) is 2. The lowest BCUT2D eigenvalue weighted by Gasteiger charge is -2.19. The van der Waals surface area contributed by atoms with Gasteiger partial charge in [0.15, 0.2) is 5.96 Å². The third kappa shape index (κ3) is 6.75. The fraction of sp³-hybridized carbons (Fsp3) is 0.889. The van der Waals surface area contributed by atoms with Crippen LogP contribution in [-0.4, -0.2) is 30.1 Å². The minimum Gasteiger partial charge on any atom is -0.370 e. The summed E-state index contributed by atoms with van der Waals surface area (Å²) in [6.45, 7) is 8.08. The van der Waals surface area contributed by atoms with Crippen molar-refractivity contribution in [3.8, 4) is 0 Å². The van der Waals surface area contributed by atoms with E-state index in [0.717, 1.165) is 19.5 Å². The van der Waals surface area contributed by atoms with Crippen LogP contribution in [0.15, 0.2) is 4.99 Å². The minimum absolute atomic E-state index is 0.179. The number of nitrogens with two attached hydrogens (primary N) is 1. The van der Waals surface area contributed by atoms with Crippen molar-refractivity contribution in [3.63, 3.8) is 0 Å². The van der Waals surface area contributed by atoms with Crippen molar-refractivity contribution >= 4 is 17.7 Å². The van der Waals surface area contributed by atoms with Crippen LogP contribution in [0.2, 0.25) is 0 Å². The van der Waals surface area contributed by atoms with Crippen LogP contribution in [0.5, 0.6) is 0 Å². The summed E-state index contributed by atoms with van der Waals surface area (Å²) in [7, 11) is 0. The first-order valence-electron chi connectivity index (χ1n) is 4.61. The van der Waals surface area contributed by atoms with Crippen molar-refractivity contribution in [1.29, 1.82) is 0 Å². The summed E-state index contributed by atoms with van der Waals surface area (Å²) >= 11 is 1.80. The van der Waals surface area contributed by atoms with Crippen molar-refractivity contribution in [2.45, 2.75) is 31.9 Å². The Balaban J connectivity index is 3.82. The molecule has 0 unspecified atom stereocenters. The van der Waals surface area contributed by atoms with Crippen LogP contribution < -0.4 is 11.1 Å². The van der Waals surface area contributed by atoms with Gasteiger partial charge in [-0.2, -0.15) is 11.8 Å². The Kier molecular flexibility index (Phi) is 5.95. The highest BCUT2D eigenvalue weighted by atomic mass is 32.2. The van der Waals surface area contributed by atoms with E-state index in [1.807, 2.05) is 0 Å². The number of thioether (sulfide) groups is 1. The third-order valence-corrected chi connectivity index (χ3v) is 2.97. The summed E-state index contributed by atoms with van der Waals surface area (Å²) in [5, 5.41) is 3.05. The number of guanidine groups is 1. The molecule has 0 saturated heterocycles. The summed E-state index contributed by atoms with van der Waals surface area (Å²) in [6.07, 6.45) is 3.16. The van der Waals surface area contributed by atoms with Crippen molar-refractivity contribution in [2.24, 2.45) is 10.7 Å². The Morgan fingerprint density at radius 3 is 2.62 bits per heavy atom. The summed E-state index contributed by atoms with van der Waals surface area (Å²) in [5.41, 5.74) is 5.65. The maximum absolute atomic E-state index is 5.65. The first-order chi connectivity index (χ1) is 6.02. The zero-order valence-corrected chi connectivity index (χ0v) is 9.87. The van der Waals surface area contributed by atoms with Gasteiger partial charge in [-0.05, 0) is 26.5 Å². The predicted octanol–water partition coefficient (Wildman–Crippen LogP) is 1.44. The van der Waals surface area contributed by atoms with E-state index in [9.17, 15) is 0 Å². The zero-order chi connectivity index (χ0) is 10.3. The van der Waals surface area contributed by atoms with Crippen LogP contribution in [0.4, 0.5) is 0 Å². The van der Waals surface area contributed by atoms with Gasteiger partial charge < -0.3 is 11.1 Å². The van der Waals surface area contributed by atoms with E-state index >= 15 is 0 Å². The molecule has 13 heavy (non-hydrogen) atoms. The average Bonchev–Trinajstić information content (AvgIpc) is 2.11. The molecule has 0 atom stereocenters. The Labute approximate surface area is 85.6 Å². The van der Waals surface area contributed by atoms with E-state index in [2.05, 4.69) is 37.3 Å². The van der Waals surface area contributed by atoms with Crippen molar-refractivity contribution < 1.29 is 0 Å². The molecule has 78 valence electrons. The van der Waals surface area contributed by atoms with Gasteiger partial charge in [-0.3, -0.25) is 4.99 Å². The van der Waals surface area contributed by atoms with E-state index in [4.69, 9.17) is 5.73 Å². The summed E-state index contributed by atoms with van der Waals surface area (Å²) in [6, 6.07) is 0. The molecule has 0 aromatic carbocycles. The molecular weight excluding hydrogens is 182 g/mol. The number of nitrogens with one attached hydrogen (secondary N) is 1. The molecule has 0 bridgehead atoms. The summed E-state index contributed by atoms with van der Waals surface area (Å²) in [5.74, 6) is 0.559. The smallest absolute Gasteiger partial charge is 0.188 e. The fourth-order valence-corrected chi connectivity index (χ4v) is 0.843. The van der Waals surface area contributed by atoms with Gasteiger partial charge in [0, 0.05) is 11.3 Å².